The van der Waals surface area contributed by atoms with Gasteiger partial charge in [-0.2, -0.15) is 0 Å². The smallest absolute Gasteiger partial charge is 0.137 e. The van der Waals surface area contributed by atoms with E-state index in [1.165, 1.54) is 5.56 Å². The second-order valence-electron chi connectivity index (χ2n) is 7.30. The Hall–Kier alpha value is -3.51. The van der Waals surface area contributed by atoms with Crippen LogP contribution < -0.4 is 10.2 Å². The normalized spacial score (nSPS) is 14.1. The molecule has 1 aliphatic heterocycles. The molecule has 0 radical (unpaired) electrons. The van der Waals surface area contributed by atoms with E-state index in [0.29, 0.717) is 6.54 Å². The number of ether oxygens (including phenoxy) is 1. The standard InChI is InChI=1S/C24H23N5O/c1-2-4-19(5-3-1)20-7-8-21-22(14-20)27-17-28-24(21)26-16-18-6-9-23(25-15-18)29-10-12-30-13-11-29/h1-9,14-15,17H,10-13,16H2,(H,26,27,28). The molecule has 6 nitrogen and oxygen atoms in total. The first-order valence-electron chi connectivity index (χ1n) is 10.2. The number of hydrogen-bond acceptors (Lipinski definition) is 6. The molecule has 0 saturated carbocycles. The third-order valence-electron chi connectivity index (χ3n) is 5.35. The average molecular weight is 397 g/mol. The van der Waals surface area contributed by atoms with Gasteiger partial charge in [0.05, 0.1) is 18.7 Å². The maximum atomic E-state index is 5.41. The summed E-state index contributed by atoms with van der Waals surface area (Å²) in [5.41, 5.74) is 4.36. The fourth-order valence-electron chi connectivity index (χ4n) is 3.69. The molecule has 1 saturated heterocycles. The van der Waals surface area contributed by atoms with Gasteiger partial charge < -0.3 is 15.0 Å². The fraction of sp³-hybridized carbons (Fsp3) is 0.208. The number of rotatable bonds is 5. The minimum Gasteiger partial charge on any atom is -0.378 e. The van der Waals surface area contributed by atoms with Crippen LogP contribution in [-0.2, 0) is 11.3 Å². The lowest BCUT2D eigenvalue weighted by Crippen LogP contribution is -2.36. The minimum absolute atomic E-state index is 0.656. The zero-order chi connectivity index (χ0) is 20.2. The second-order valence-corrected chi connectivity index (χ2v) is 7.30. The van der Waals surface area contributed by atoms with E-state index in [9.17, 15) is 0 Å². The molecule has 30 heavy (non-hydrogen) atoms. The highest BCUT2D eigenvalue weighted by Gasteiger charge is 2.12. The van der Waals surface area contributed by atoms with Gasteiger partial charge >= 0.3 is 0 Å². The van der Waals surface area contributed by atoms with Gasteiger partial charge in [0.25, 0.3) is 0 Å². The highest BCUT2D eigenvalue weighted by atomic mass is 16.5. The van der Waals surface area contributed by atoms with Crippen molar-refractivity contribution in [3.05, 3.63) is 78.8 Å². The predicted molar refractivity (Wildman–Crippen MR) is 120 cm³/mol. The fourth-order valence-corrected chi connectivity index (χ4v) is 3.69. The number of benzene rings is 2. The summed E-state index contributed by atoms with van der Waals surface area (Å²) in [6.07, 6.45) is 3.54. The Morgan fingerprint density at radius 2 is 1.73 bits per heavy atom. The van der Waals surface area contributed by atoms with Crippen LogP contribution in [0.3, 0.4) is 0 Å². The topological polar surface area (TPSA) is 63.2 Å². The van der Waals surface area contributed by atoms with E-state index in [2.05, 4.69) is 67.6 Å². The summed E-state index contributed by atoms with van der Waals surface area (Å²) in [6, 6.07) is 20.8. The number of hydrogen-bond donors (Lipinski definition) is 1. The van der Waals surface area contributed by atoms with E-state index in [1.54, 1.807) is 6.33 Å². The molecule has 0 bridgehead atoms. The molecule has 3 heterocycles. The maximum Gasteiger partial charge on any atom is 0.137 e. The van der Waals surface area contributed by atoms with Crippen molar-refractivity contribution in [3.63, 3.8) is 0 Å². The summed E-state index contributed by atoms with van der Waals surface area (Å²) in [4.78, 5) is 15.8. The van der Waals surface area contributed by atoms with E-state index in [0.717, 1.165) is 60.0 Å². The van der Waals surface area contributed by atoms with Gasteiger partial charge in [-0.3, -0.25) is 0 Å². The van der Waals surface area contributed by atoms with Gasteiger partial charge in [0, 0.05) is 31.2 Å². The lowest BCUT2D eigenvalue weighted by Gasteiger charge is -2.27. The molecule has 0 unspecified atom stereocenters. The van der Waals surface area contributed by atoms with Crippen LogP contribution in [0.1, 0.15) is 5.56 Å². The largest absolute Gasteiger partial charge is 0.378 e. The van der Waals surface area contributed by atoms with Crippen molar-refractivity contribution in [3.8, 4) is 11.1 Å². The number of morpholine rings is 1. The monoisotopic (exact) mass is 397 g/mol. The molecule has 0 spiro atoms. The first-order valence-corrected chi connectivity index (χ1v) is 10.2. The van der Waals surface area contributed by atoms with Crippen molar-refractivity contribution in [2.24, 2.45) is 0 Å². The van der Waals surface area contributed by atoms with E-state index >= 15 is 0 Å². The number of anilines is 2. The molecular formula is C24H23N5O. The molecule has 1 N–H and O–H groups in total. The molecule has 2 aromatic carbocycles. The van der Waals surface area contributed by atoms with Crippen molar-refractivity contribution in [1.29, 1.82) is 0 Å². The quantitative estimate of drug-likeness (QED) is 0.546. The third-order valence-corrected chi connectivity index (χ3v) is 5.35. The third kappa shape index (κ3) is 3.95. The Morgan fingerprint density at radius 3 is 2.53 bits per heavy atom. The maximum absolute atomic E-state index is 5.41. The van der Waals surface area contributed by atoms with Gasteiger partial charge in [-0.05, 0) is 34.9 Å². The van der Waals surface area contributed by atoms with Crippen molar-refractivity contribution < 1.29 is 4.74 Å². The summed E-state index contributed by atoms with van der Waals surface area (Å²) in [5, 5.41) is 4.45. The van der Waals surface area contributed by atoms with Crippen LogP contribution in [0.2, 0.25) is 0 Å². The number of nitrogens with one attached hydrogen (secondary N) is 1. The number of fused-ring (bicyclic) bond motifs is 1. The summed E-state index contributed by atoms with van der Waals surface area (Å²) < 4.78 is 5.41. The van der Waals surface area contributed by atoms with Crippen LogP contribution in [0.15, 0.2) is 73.2 Å². The average Bonchev–Trinajstić information content (AvgIpc) is 2.84. The molecule has 1 fully saturated rings. The van der Waals surface area contributed by atoms with Crippen LogP contribution in [0.5, 0.6) is 0 Å². The van der Waals surface area contributed by atoms with Crippen LogP contribution in [-0.4, -0.2) is 41.3 Å². The molecule has 1 aliphatic rings. The van der Waals surface area contributed by atoms with E-state index < -0.39 is 0 Å². The zero-order valence-corrected chi connectivity index (χ0v) is 16.7. The minimum atomic E-state index is 0.656. The highest BCUT2D eigenvalue weighted by Crippen LogP contribution is 2.26. The van der Waals surface area contributed by atoms with Crippen molar-refractivity contribution in [2.45, 2.75) is 6.54 Å². The summed E-state index contributed by atoms with van der Waals surface area (Å²) >= 11 is 0. The van der Waals surface area contributed by atoms with Gasteiger partial charge in [-0.25, -0.2) is 15.0 Å². The van der Waals surface area contributed by atoms with Gasteiger partial charge in [0.2, 0.25) is 0 Å². The lowest BCUT2D eigenvalue weighted by atomic mass is 10.0. The zero-order valence-electron chi connectivity index (χ0n) is 16.7. The van der Waals surface area contributed by atoms with Crippen molar-refractivity contribution >= 4 is 22.5 Å². The van der Waals surface area contributed by atoms with Gasteiger partial charge in [0.1, 0.15) is 18.0 Å². The Balaban J connectivity index is 1.31. The Morgan fingerprint density at radius 1 is 0.867 bits per heavy atom. The van der Waals surface area contributed by atoms with Crippen LogP contribution in [0, 0.1) is 0 Å². The summed E-state index contributed by atoms with van der Waals surface area (Å²) in [7, 11) is 0. The van der Waals surface area contributed by atoms with Crippen LogP contribution in [0.25, 0.3) is 22.0 Å². The van der Waals surface area contributed by atoms with Crippen LogP contribution >= 0.6 is 0 Å². The SMILES string of the molecule is c1ccc(-c2ccc3c(NCc4ccc(N5CCOCC5)nc4)ncnc3c2)cc1. The number of pyridine rings is 1. The summed E-state index contributed by atoms with van der Waals surface area (Å²) in [6.45, 7) is 3.96. The van der Waals surface area contributed by atoms with Gasteiger partial charge in [-0.1, -0.05) is 42.5 Å². The molecule has 0 atom stereocenters. The second kappa shape index (κ2) is 8.47. The Bertz CT molecular complexity index is 1130. The van der Waals surface area contributed by atoms with Gasteiger partial charge in [-0.15, -0.1) is 0 Å². The molecule has 5 rings (SSSR count). The van der Waals surface area contributed by atoms with E-state index in [1.807, 2.05) is 24.4 Å². The van der Waals surface area contributed by atoms with Crippen molar-refractivity contribution in [1.82, 2.24) is 15.0 Å². The molecule has 0 aliphatic carbocycles. The highest BCUT2D eigenvalue weighted by molar-refractivity contribution is 5.91. The molecule has 6 heteroatoms. The molecule has 0 amide bonds. The van der Waals surface area contributed by atoms with Crippen LogP contribution in [0.4, 0.5) is 11.6 Å². The van der Waals surface area contributed by atoms with Gasteiger partial charge in [0.15, 0.2) is 0 Å². The predicted octanol–water partition coefficient (Wildman–Crippen LogP) is 4.14. The number of nitrogens with zero attached hydrogens (tertiary/aromatic N) is 4. The molecule has 2 aromatic heterocycles. The van der Waals surface area contributed by atoms with E-state index in [-0.39, 0.29) is 0 Å². The number of aromatic nitrogens is 3. The summed E-state index contributed by atoms with van der Waals surface area (Å²) in [5.74, 6) is 1.83. The molecular weight excluding hydrogens is 374 g/mol. The lowest BCUT2D eigenvalue weighted by molar-refractivity contribution is 0.122. The Kier molecular flexibility index (Phi) is 5.23. The molecule has 4 aromatic rings. The molecule has 150 valence electrons. The first-order chi connectivity index (χ1) is 14.9. The van der Waals surface area contributed by atoms with E-state index in [4.69, 9.17) is 4.74 Å². The Labute approximate surface area is 175 Å². The first kappa shape index (κ1) is 18.5. The van der Waals surface area contributed by atoms with Crippen molar-refractivity contribution in [2.75, 3.05) is 36.5 Å².